The Morgan fingerprint density at radius 1 is 0.833 bits per heavy atom. The van der Waals surface area contributed by atoms with Crippen LogP contribution in [0.3, 0.4) is 0 Å². The van der Waals surface area contributed by atoms with Gasteiger partial charge in [0.05, 0.1) is 34.4 Å². The van der Waals surface area contributed by atoms with Crippen molar-refractivity contribution in [2.24, 2.45) is 0 Å². The molecule has 36 heavy (non-hydrogen) atoms. The Morgan fingerprint density at radius 3 is 2.00 bits per heavy atom. The van der Waals surface area contributed by atoms with Crippen LogP contribution in [0.5, 0.6) is 0 Å². The summed E-state index contributed by atoms with van der Waals surface area (Å²) in [5.74, 6) is -0.405. The second-order valence-electron chi connectivity index (χ2n) is 10.4. The summed E-state index contributed by atoms with van der Waals surface area (Å²) >= 11 is 0. The van der Waals surface area contributed by atoms with Gasteiger partial charge in [-0.05, 0) is 32.1 Å². The van der Waals surface area contributed by atoms with Gasteiger partial charge in [0.15, 0.2) is 0 Å². The van der Waals surface area contributed by atoms with Crippen LogP contribution in [0.25, 0.3) is 0 Å². The van der Waals surface area contributed by atoms with Gasteiger partial charge in [0, 0.05) is 13.0 Å². The highest BCUT2D eigenvalue weighted by atomic mass is 31.2. The third kappa shape index (κ3) is 24.9. The molecule has 0 bridgehead atoms. The highest BCUT2D eigenvalue weighted by Gasteiger charge is 2.26. The van der Waals surface area contributed by atoms with Crippen LogP contribution < -0.4 is 0 Å². The molecule has 0 aromatic carbocycles. The molecule has 214 valence electrons. The number of hydrogen-bond donors (Lipinski definition) is 1. The molecule has 0 aromatic rings. The van der Waals surface area contributed by atoms with E-state index in [1.807, 2.05) is 21.1 Å². The molecule has 0 aliphatic heterocycles. The van der Waals surface area contributed by atoms with Gasteiger partial charge in [0.1, 0.15) is 19.3 Å². The van der Waals surface area contributed by atoms with Gasteiger partial charge >= 0.3 is 13.8 Å². The molecular weight excluding hydrogens is 481 g/mol. The van der Waals surface area contributed by atoms with Gasteiger partial charge in [-0.15, -0.1) is 0 Å². The minimum absolute atomic E-state index is 0.0863. The van der Waals surface area contributed by atoms with E-state index in [1.54, 1.807) is 6.92 Å². The second-order valence-corrected chi connectivity index (χ2v) is 11.8. The van der Waals surface area contributed by atoms with Crippen LogP contribution in [-0.2, 0) is 27.9 Å². The Kier molecular flexibility index (Phi) is 21.8. The molecule has 0 aliphatic rings. The van der Waals surface area contributed by atoms with Crippen molar-refractivity contribution >= 4 is 13.8 Å². The first-order valence-electron chi connectivity index (χ1n) is 13.9. The SMILES string of the molecule is CCCCCC/C=C\CCCCCCCCOCC(COP(=O)(O)OCC[N+](C)(C)C)OC(=O)CC. The van der Waals surface area contributed by atoms with E-state index < -0.39 is 19.9 Å². The molecule has 0 amide bonds. The van der Waals surface area contributed by atoms with Crippen LogP contribution >= 0.6 is 7.82 Å². The van der Waals surface area contributed by atoms with Crippen LogP contribution in [0.2, 0.25) is 0 Å². The predicted octanol–water partition coefficient (Wildman–Crippen LogP) is 6.42. The fourth-order valence-electron chi connectivity index (χ4n) is 3.34. The van der Waals surface area contributed by atoms with Crippen molar-refractivity contribution in [2.45, 2.75) is 103 Å². The van der Waals surface area contributed by atoms with Crippen molar-refractivity contribution in [3.05, 3.63) is 12.2 Å². The molecule has 0 spiro atoms. The molecule has 0 radical (unpaired) electrons. The average molecular weight is 537 g/mol. The maximum absolute atomic E-state index is 12.1. The largest absolute Gasteiger partial charge is 0.472 e. The fraction of sp³-hybridized carbons (Fsp3) is 0.889. The van der Waals surface area contributed by atoms with Crippen LogP contribution in [0, 0.1) is 0 Å². The number of ether oxygens (including phenoxy) is 2. The van der Waals surface area contributed by atoms with E-state index >= 15 is 0 Å². The van der Waals surface area contributed by atoms with Gasteiger partial charge < -0.3 is 18.9 Å². The minimum atomic E-state index is -4.22. The number of likely N-dealkylation sites (N-methyl/N-ethyl adjacent to an activating group) is 1. The number of nitrogens with zero attached hydrogens (tertiary/aromatic N) is 1. The quantitative estimate of drug-likeness (QED) is 0.0473. The van der Waals surface area contributed by atoms with E-state index in [4.69, 9.17) is 18.5 Å². The number of phosphoric ester groups is 1. The van der Waals surface area contributed by atoms with Gasteiger partial charge in [0.25, 0.3) is 0 Å². The van der Waals surface area contributed by atoms with E-state index in [0.717, 1.165) is 12.8 Å². The number of allylic oxidation sites excluding steroid dienone is 2. The summed E-state index contributed by atoms with van der Waals surface area (Å²) in [6, 6.07) is 0. The highest BCUT2D eigenvalue weighted by molar-refractivity contribution is 7.47. The Labute approximate surface area is 220 Å². The summed E-state index contributed by atoms with van der Waals surface area (Å²) in [6.07, 6.45) is 18.8. The summed E-state index contributed by atoms with van der Waals surface area (Å²) < 4.78 is 33.7. The van der Waals surface area contributed by atoms with E-state index in [2.05, 4.69) is 19.1 Å². The standard InChI is InChI=1S/C27H54NO7P/c1-6-8-9-10-11-12-13-14-15-16-17-18-19-20-22-32-24-26(35-27(29)7-2)25-34-36(30,31)33-23-21-28(3,4)5/h12-13,26H,6-11,14-25H2,1-5H3/p+1/b13-12-. The van der Waals surface area contributed by atoms with Crippen molar-refractivity contribution in [3.63, 3.8) is 0 Å². The molecule has 2 unspecified atom stereocenters. The number of rotatable bonds is 25. The third-order valence-electron chi connectivity index (χ3n) is 5.63. The van der Waals surface area contributed by atoms with E-state index in [-0.39, 0.29) is 26.2 Å². The zero-order valence-corrected chi connectivity index (χ0v) is 24.6. The Balaban J connectivity index is 3.93. The molecular formula is C27H55NO7P+. The first-order chi connectivity index (χ1) is 17.1. The van der Waals surface area contributed by atoms with Gasteiger partial charge in [-0.2, -0.15) is 0 Å². The van der Waals surface area contributed by atoms with E-state index in [1.165, 1.54) is 64.2 Å². The lowest BCUT2D eigenvalue weighted by atomic mass is 10.1. The maximum Gasteiger partial charge on any atom is 0.472 e. The van der Waals surface area contributed by atoms with Crippen LogP contribution in [0.4, 0.5) is 0 Å². The van der Waals surface area contributed by atoms with Crippen molar-refractivity contribution in [1.82, 2.24) is 0 Å². The molecule has 0 saturated carbocycles. The molecule has 0 heterocycles. The van der Waals surface area contributed by atoms with Crippen molar-refractivity contribution in [3.8, 4) is 0 Å². The van der Waals surface area contributed by atoms with Crippen molar-refractivity contribution < 1.29 is 37.3 Å². The number of phosphoric acid groups is 1. The number of quaternary nitrogens is 1. The summed E-state index contributed by atoms with van der Waals surface area (Å²) in [4.78, 5) is 21.6. The van der Waals surface area contributed by atoms with Crippen LogP contribution in [0.15, 0.2) is 12.2 Å². The van der Waals surface area contributed by atoms with Crippen molar-refractivity contribution in [2.75, 3.05) is 54.1 Å². The van der Waals surface area contributed by atoms with Gasteiger partial charge in [-0.1, -0.05) is 70.9 Å². The first kappa shape index (κ1) is 35.2. The lowest BCUT2D eigenvalue weighted by Gasteiger charge is -2.24. The average Bonchev–Trinajstić information content (AvgIpc) is 2.81. The molecule has 1 N–H and O–H groups in total. The Morgan fingerprint density at radius 2 is 1.42 bits per heavy atom. The summed E-state index contributed by atoms with van der Waals surface area (Å²) in [6.45, 7) is 5.00. The number of unbranched alkanes of at least 4 members (excludes halogenated alkanes) is 10. The normalized spacial score (nSPS) is 14.7. The van der Waals surface area contributed by atoms with Crippen LogP contribution in [0.1, 0.15) is 97.3 Å². The predicted molar refractivity (Wildman–Crippen MR) is 146 cm³/mol. The molecule has 0 saturated heterocycles. The lowest BCUT2D eigenvalue weighted by Crippen LogP contribution is -2.37. The first-order valence-corrected chi connectivity index (χ1v) is 15.4. The fourth-order valence-corrected chi connectivity index (χ4v) is 4.08. The molecule has 0 aromatic heterocycles. The van der Waals surface area contributed by atoms with Gasteiger partial charge in [-0.3, -0.25) is 13.8 Å². The number of carbonyl (C=O) groups excluding carboxylic acids is 1. The summed E-state index contributed by atoms with van der Waals surface area (Å²) in [5, 5.41) is 0. The lowest BCUT2D eigenvalue weighted by molar-refractivity contribution is -0.870. The zero-order valence-electron chi connectivity index (χ0n) is 23.8. The molecule has 8 nitrogen and oxygen atoms in total. The number of hydrogen-bond acceptors (Lipinski definition) is 6. The number of esters is 1. The van der Waals surface area contributed by atoms with Gasteiger partial charge in [-0.25, -0.2) is 4.57 Å². The molecule has 0 fully saturated rings. The van der Waals surface area contributed by atoms with Crippen molar-refractivity contribution in [1.29, 1.82) is 0 Å². The van der Waals surface area contributed by atoms with Gasteiger partial charge in [0.2, 0.25) is 0 Å². The second kappa shape index (κ2) is 22.2. The monoisotopic (exact) mass is 536 g/mol. The topological polar surface area (TPSA) is 91.3 Å². The molecule has 9 heteroatoms. The molecule has 0 aliphatic carbocycles. The maximum atomic E-state index is 12.1. The number of carbonyl (C=O) groups is 1. The zero-order chi connectivity index (χ0) is 27.1. The van der Waals surface area contributed by atoms with Crippen LogP contribution in [-0.4, -0.2) is 75.6 Å². The highest BCUT2D eigenvalue weighted by Crippen LogP contribution is 2.43. The Bertz CT molecular complexity index is 607. The smallest absolute Gasteiger partial charge is 0.457 e. The summed E-state index contributed by atoms with van der Waals surface area (Å²) in [5.41, 5.74) is 0. The van der Waals surface area contributed by atoms with E-state index in [9.17, 15) is 14.3 Å². The molecule has 0 rings (SSSR count). The third-order valence-corrected chi connectivity index (χ3v) is 6.62. The molecule has 2 atom stereocenters. The van der Waals surface area contributed by atoms with E-state index in [0.29, 0.717) is 17.6 Å². The minimum Gasteiger partial charge on any atom is -0.457 e. The summed E-state index contributed by atoms with van der Waals surface area (Å²) in [7, 11) is 1.65. The Hall–Kier alpha value is -0.760.